The highest BCUT2D eigenvalue weighted by Crippen LogP contribution is 2.32. The van der Waals surface area contributed by atoms with Crippen LogP contribution in [0.1, 0.15) is 58.1 Å². The number of hydrogen-bond acceptors (Lipinski definition) is 7. The van der Waals surface area contributed by atoms with Crippen molar-refractivity contribution < 1.29 is 35.0 Å². The molecule has 1 unspecified atom stereocenters. The SMILES string of the molecule is CC(C)Cc1ccccc1C1CCO[C@H]([C@@H](O)C(=O)Nc2ccc(C(=N)N)cc2)C1=O.CC(C)Oc1ccccc1I.Oc1ccccc1I.[2H]CF. The normalized spacial score (nSPS) is 15.7. The minimum absolute atomic E-state index is 0.0806. The van der Waals surface area contributed by atoms with Crippen molar-refractivity contribution in [2.75, 3.05) is 19.1 Å². The van der Waals surface area contributed by atoms with Crippen molar-refractivity contribution in [1.29, 1.82) is 5.41 Å². The molecule has 0 aromatic heterocycles. The van der Waals surface area contributed by atoms with Crippen LogP contribution in [0.25, 0.3) is 0 Å². The predicted molar refractivity (Wildman–Crippen MR) is 222 cm³/mol. The Kier molecular flexibility index (Phi) is 19.1. The minimum Gasteiger partial charge on any atom is -0.507 e. The molecule has 1 amide bonds. The predicted octanol–water partition coefficient (Wildman–Crippen LogP) is 8.27. The van der Waals surface area contributed by atoms with Gasteiger partial charge in [-0.3, -0.25) is 19.4 Å². The molecule has 0 aliphatic carbocycles. The van der Waals surface area contributed by atoms with Crippen LogP contribution in [0, 0.1) is 18.5 Å². The maximum Gasteiger partial charge on any atom is 0.256 e. The Morgan fingerprint density at radius 3 is 2.12 bits per heavy atom. The van der Waals surface area contributed by atoms with Gasteiger partial charge >= 0.3 is 0 Å². The standard InChI is InChI=1S/C24H29N3O4.C9H11IO.C6H5IO.CH3F/c1-14(2)13-16-5-3-4-6-18(16)19-11-12-31-22(20(19)28)21(29)24(30)27-17-9-7-15(8-10-17)23(25)26;1-7(2)11-9-6-4-3-5-8(9)10;7-5-3-1-2-4-6(5)8;1-2/h3-10,14,19,21-22,29H,11-13H2,1-2H3,(H3,25,26)(H,27,30);3-7H,1-2H3;1-4,8H;1H3/t19?,21-,22+;;;/m1.../s1/i;;;1D. The van der Waals surface area contributed by atoms with Gasteiger partial charge in [0.15, 0.2) is 18.0 Å². The van der Waals surface area contributed by atoms with Gasteiger partial charge in [-0.05, 0) is 137 Å². The third kappa shape index (κ3) is 14.4. The summed E-state index contributed by atoms with van der Waals surface area (Å²) in [6.45, 7) is 8.60. The van der Waals surface area contributed by atoms with Crippen LogP contribution in [0.3, 0.4) is 0 Å². The number of ketones is 1. The van der Waals surface area contributed by atoms with Crippen molar-refractivity contribution in [2.45, 2.75) is 64.8 Å². The molecule has 0 bridgehead atoms. The molecule has 1 heterocycles. The highest BCUT2D eigenvalue weighted by atomic mass is 127. The van der Waals surface area contributed by atoms with Crippen molar-refractivity contribution in [1.82, 2.24) is 0 Å². The summed E-state index contributed by atoms with van der Waals surface area (Å²) in [5, 5.41) is 29.5. The number of carbonyl (C=O) groups is 2. The number of nitrogens with two attached hydrogens (primary N) is 1. The molecule has 0 saturated carbocycles. The number of carbonyl (C=O) groups excluding carboxylic acids is 2. The number of alkyl halides is 1. The van der Waals surface area contributed by atoms with E-state index in [4.69, 9.17) is 27.1 Å². The number of rotatable bonds is 9. The highest BCUT2D eigenvalue weighted by Gasteiger charge is 2.41. The number of phenols is 1. The Hall–Kier alpha value is -3.60. The Morgan fingerprint density at radius 2 is 1.58 bits per heavy atom. The summed E-state index contributed by atoms with van der Waals surface area (Å²) in [6.07, 6.45) is -1.22. The number of nitrogens with one attached hydrogen (secondary N) is 2. The number of aliphatic hydroxyl groups excluding tert-OH is 1. The molecule has 0 spiro atoms. The quantitative estimate of drug-likeness (QED) is 0.0643. The molecule has 0 radical (unpaired) electrons. The molecule has 1 saturated heterocycles. The fourth-order valence-electron chi connectivity index (χ4n) is 5.12. The number of halogens is 3. The number of Topliss-reactive ketones (excluding diaryl/α,β-unsaturated/α-hetero) is 1. The molecule has 280 valence electrons. The topological polar surface area (TPSA) is 155 Å². The van der Waals surface area contributed by atoms with Gasteiger partial charge in [-0.2, -0.15) is 0 Å². The van der Waals surface area contributed by atoms with Gasteiger partial charge in [-0.15, -0.1) is 0 Å². The number of aliphatic hydroxyl groups is 1. The first-order valence-corrected chi connectivity index (χ1v) is 18.7. The number of phenolic OH excluding ortho intramolecular Hbond substituents is 1. The zero-order valence-electron chi connectivity index (χ0n) is 30.7. The van der Waals surface area contributed by atoms with E-state index in [9.17, 15) is 19.1 Å². The Balaban J connectivity index is 0.000000356. The van der Waals surface area contributed by atoms with Gasteiger partial charge in [0.1, 0.15) is 17.3 Å². The van der Waals surface area contributed by atoms with Crippen molar-refractivity contribution in [3.8, 4) is 11.5 Å². The lowest BCUT2D eigenvalue weighted by molar-refractivity contribution is -0.153. The summed E-state index contributed by atoms with van der Waals surface area (Å²) < 4.78 is 28.6. The lowest BCUT2D eigenvalue weighted by Gasteiger charge is -2.32. The Bertz CT molecular complexity index is 1720. The third-order valence-electron chi connectivity index (χ3n) is 7.46. The molecule has 1 fully saturated rings. The number of benzene rings is 4. The van der Waals surface area contributed by atoms with Crippen LogP contribution in [0.2, 0.25) is 0 Å². The number of ether oxygens (including phenoxy) is 2. The first-order chi connectivity index (χ1) is 25.2. The van der Waals surface area contributed by atoms with Crippen LogP contribution in [0.5, 0.6) is 11.5 Å². The molecule has 5 rings (SSSR count). The van der Waals surface area contributed by atoms with Crippen LogP contribution in [0.15, 0.2) is 97.1 Å². The molecule has 1 aliphatic rings. The number of amidine groups is 1. The average molecular weight is 941 g/mol. The van der Waals surface area contributed by atoms with E-state index in [1.807, 2.05) is 74.5 Å². The first-order valence-electron chi connectivity index (χ1n) is 17.3. The largest absolute Gasteiger partial charge is 0.507 e. The van der Waals surface area contributed by atoms with E-state index in [1.54, 1.807) is 36.4 Å². The summed E-state index contributed by atoms with van der Waals surface area (Å²) in [6, 6.07) is 29.4. The monoisotopic (exact) mass is 940 g/mol. The molecule has 1 aliphatic heterocycles. The minimum atomic E-state index is -1.62. The molecule has 4 aromatic rings. The van der Waals surface area contributed by atoms with Crippen LogP contribution < -0.4 is 15.8 Å². The average Bonchev–Trinajstić information content (AvgIpc) is 3.11. The van der Waals surface area contributed by atoms with Crippen LogP contribution in [0.4, 0.5) is 10.1 Å². The maximum absolute atomic E-state index is 13.2. The van der Waals surface area contributed by atoms with Crippen LogP contribution in [-0.4, -0.2) is 59.8 Å². The molecular weight excluding hydrogens is 891 g/mol. The summed E-state index contributed by atoms with van der Waals surface area (Å²) in [5.74, 6) is 0.282. The lowest BCUT2D eigenvalue weighted by Crippen LogP contribution is -2.49. The first kappa shape index (κ1) is 42.8. The third-order valence-corrected chi connectivity index (χ3v) is 9.26. The summed E-state index contributed by atoms with van der Waals surface area (Å²) in [4.78, 5) is 25.8. The van der Waals surface area contributed by atoms with Crippen LogP contribution >= 0.6 is 45.2 Å². The van der Waals surface area contributed by atoms with E-state index >= 15 is 0 Å². The van der Waals surface area contributed by atoms with E-state index in [0.29, 0.717) is 29.3 Å². The fraction of sp³-hybridized carbons (Fsp3) is 0.325. The van der Waals surface area contributed by atoms with Crippen LogP contribution in [-0.2, 0) is 20.7 Å². The van der Waals surface area contributed by atoms with E-state index in [1.165, 1.54) is 3.57 Å². The second kappa shape index (κ2) is 23.1. The highest BCUT2D eigenvalue weighted by molar-refractivity contribution is 14.1. The van der Waals surface area contributed by atoms with Gasteiger partial charge in [-0.1, -0.05) is 62.4 Å². The zero-order valence-corrected chi connectivity index (χ0v) is 34.0. The molecule has 3 atom stereocenters. The number of anilines is 1. The molecule has 52 heavy (non-hydrogen) atoms. The second-order valence-electron chi connectivity index (χ2n) is 12.3. The van der Waals surface area contributed by atoms with Gasteiger partial charge in [0.25, 0.3) is 5.91 Å². The molecule has 4 aromatic carbocycles. The Labute approximate surface area is 334 Å². The van der Waals surface area contributed by atoms with Crippen molar-refractivity contribution in [3.05, 3.63) is 121 Å². The van der Waals surface area contributed by atoms with Gasteiger partial charge in [-0.25, -0.2) is 0 Å². The van der Waals surface area contributed by atoms with Crippen molar-refractivity contribution in [2.24, 2.45) is 11.7 Å². The number of hydrogen-bond donors (Lipinski definition) is 5. The number of nitrogen functional groups attached to an aromatic ring is 1. The van der Waals surface area contributed by atoms with Crippen molar-refractivity contribution >= 4 is 68.4 Å². The number of amides is 1. The van der Waals surface area contributed by atoms with Gasteiger partial charge in [0, 0.05) is 23.8 Å². The smallest absolute Gasteiger partial charge is 0.256 e. The fourth-order valence-corrected chi connectivity index (χ4v) is 6.03. The van der Waals surface area contributed by atoms with Gasteiger partial charge in [0.2, 0.25) is 0 Å². The molecule has 9 nitrogen and oxygen atoms in total. The number of aromatic hydroxyl groups is 1. The van der Waals surface area contributed by atoms with E-state index in [2.05, 4.69) is 64.3 Å². The number of para-hydroxylation sites is 2. The second-order valence-corrected chi connectivity index (χ2v) is 14.6. The van der Waals surface area contributed by atoms with Gasteiger partial charge < -0.3 is 30.7 Å². The van der Waals surface area contributed by atoms with Crippen molar-refractivity contribution in [3.63, 3.8) is 0 Å². The molecule has 12 heteroatoms. The van der Waals surface area contributed by atoms with E-state index in [0.717, 1.165) is 26.9 Å². The van der Waals surface area contributed by atoms with E-state index < -0.39 is 31.2 Å². The van der Waals surface area contributed by atoms with E-state index in [-0.39, 0.29) is 24.3 Å². The zero-order chi connectivity index (χ0) is 39.5. The summed E-state index contributed by atoms with van der Waals surface area (Å²) in [7, 11) is -1.00. The summed E-state index contributed by atoms with van der Waals surface area (Å²) >= 11 is 4.34. The maximum atomic E-state index is 13.2. The lowest BCUT2D eigenvalue weighted by atomic mass is 9.82. The molecule has 6 N–H and O–H groups in total. The Morgan fingerprint density at radius 1 is 1.00 bits per heavy atom. The summed E-state index contributed by atoms with van der Waals surface area (Å²) in [5.41, 5.74) is 8.43. The molecular formula is C40H48FI2N3O6. The van der Waals surface area contributed by atoms with Gasteiger partial charge in [0.05, 0.1) is 21.8 Å².